The van der Waals surface area contributed by atoms with Crippen LogP contribution in [0.5, 0.6) is 0 Å². The number of amides is 3. The van der Waals surface area contributed by atoms with Gasteiger partial charge in [0.05, 0.1) is 23.9 Å². The molecule has 0 bridgehead atoms. The maximum atomic E-state index is 12.4. The molecule has 0 spiro atoms. The molecule has 0 radical (unpaired) electrons. The Morgan fingerprint density at radius 2 is 1.96 bits per heavy atom. The Hall–Kier alpha value is -2.45. The van der Waals surface area contributed by atoms with E-state index in [1.165, 1.54) is 12.3 Å². The van der Waals surface area contributed by atoms with E-state index in [-0.39, 0.29) is 12.3 Å². The van der Waals surface area contributed by atoms with Gasteiger partial charge in [-0.15, -0.1) is 0 Å². The Balaban J connectivity index is 1.67. The summed E-state index contributed by atoms with van der Waals surface area (Å²) in [6, 6.07) is 7.57. The van der Waals surface area contributed by atoms with E-state index in [9.17, 15) is 14.4 Å². The minimum Gasteiger partial charge on any atom is -0.469 e. The first-order chi connectivity index (χ1) is 11.5. The van der Waals surface area contributed by atoms with Crippen LogP contribution in [0.4, 0.5) is 5.69 Å². The van der Waals surface area contributed by atoms with Gasteiger partial charge < -0.3 is 4.42 Å². The van der Waals surface area contributed by atoms with Crippen LogP contribution in [0.1, 0.15) is 22.5 Å². The van der Waals surface area contributed by atoms with Crippen molar-refractivity contribution >= 4 is 39.3 Å². The molecule has 0 aliphatic carbocycles. The molecule has 1 aromatic carbocycles. The molecule has 0 saturated carbocycles. The summed E-state index contributed by atoms with van der Waals surface area (Å²) in [6.45, 7) is 1.66. The molecule has 7 nitrogen and oxygen atoms in total. The first-order valence-electron chi connectivity index (χ1n) is 7.19. The van der Waals surface area contributed by atoms with Crippen LogP contribution >= 0.6 is 15.9 Å². The molecule has 1 atom stereocenters. The predicted octanol–water partition coefficient (Wildman–Crippen LogP) is 1.92. The highest BCUT2D eigenvalue weighted by atomic mass is 79.9. The molecule has 2 N–H and O–H groups in total. The van der Waals surface area contributed by atoms with Gasteiger partial charge in [0.15, 0.2) is 0 Å². The van der Waals surface area contributed by atoms with E-state index in [0.717, 1.165) is 9.37 Å². The van der Waals surface area contributed by atoms with Crippen molar-refractivity contribution in [2.24, 2.45) is 0 Å². The molecule has 8 heteroatoms. The molecule has 2 heterocycles. The van der Waals surface area contributed by atoms with Crippen LogP contribution in [0.2, 0.25) is 0 Å². The Bertz CT molecular complexity index is 800. The molecular formula is C16H14BrN3O4. The Kier molecular flexibility index (Phi) is 4.50. The van der Waals surface area contributed by atoms with Crippen LogP contribution in [0.25, 0.3) is 0 Å². The lowest BCUT2D eigenvalue weighted by Crippen LogP contribution is -2.48. The third kappa shape index (κ3) is 3.10. The Labute approximate surface area is 146 Å². The number of hydrogen-bond acceptors (Lipinski definition) is 5. The van der Waals surface area contributed by atoms with Gasteiger partial charge in [0.25, 0.3) is 11.8 Å². The number of halogens is 1. The van der Waals surface area contributed by atoms with Crippen molar-refractivity contribution in [2.45, 2.75) is 19.4 Å². The first kappa shape index (κ1) is 16.4. The van der Waals surface area contributed by atoms with Crippen molar-refractivity contribution in [3.63, 3.8) is 0 Å². The van der Waals surface area contributed by atoms with Crippen LogP contribution < -0.4 is 15.8 Å². The number of aryl methyl sites for hydroxylation is 1. The standard InChI is InChI=1S/C16H14BrN3O4/c1-9-12(6-7-24-9)15(22)19-18-13-8-14(21)20(16(13)23)11-4-2-10(17)3-5-11/h2-7,13,18H,8H2,1H3,(H,19,22)/t13-/m1/s1. The van der Waals surface area contributed by atoms with Gasteiger partial charge >= 0.3 is 0 Å². The number of carbonyl (C=O) groups is 3. The van der Waals surface area contributed by atoms with Crippen molar-refractivity contribution in [2.75, 3.05) is 4.90 Å². The third-order valence-electron chi connectivity index (χ3n) is 3.69. The molecule has 1 aliphatic heterocycles. The van der Waals surface area contributed by atoms with Gasteiger partial charge in [-0.1, -0.05) is 15.9 Å². The molecular weight excluding hydrogens is 378 g/mol. The zero-order valence-electron chi connectivity index (χ0n) is 12.7. The van der Waals surface area contributed by atoms with E-state index in [1.807, 2.05) is 0 Å². The average Bonchev–Trinajstić information content (AvgIpc) is 3.10. The quantitative estimate of drug-likeness (QED) is 0.613. The number of anilines is 1. The van der Waals surface area contributed by atoms with E-state index in [0.29, 0.717) is 17.0 Å². The van der Waals surface area contributed by atoms with Crippen LogP contribution in [0.15, 0.2) is 45.5 Å². The highest BCUT2D eigenvalue weighted by Gasteiger charge is 2.39. The molecule has 1 aromatic heterocycles. The average molecular weight is 392 g/mol. The van der Waals surface area contributed by atoms with Crippen LogP contribution in [-0.4, -0.2) is 23.8 Å². The van der Waals surface area contributed by atoms with Crippen molar-refractivity contribution in [3.8, 4) is 0 Å². The van der Waals surface area contributed by atoms with Gasteiger partial charge in [-0.2, -0.15) is 0 Å². The molecule has 124 valence electrons. The van der Waals surface area contributed by atoms with E-state index < -0.39 is 17.9 Å². The predicted molar refractivity (Wildman–Crippen MR) is 89.1 cm³/mol. The number of furan rings is 1. The monoisotopic (exact) mass is 391 g/mol. The van der Waals surface area contributed by atoms with Crippen LogP contribution in [-0.2, 0) is 9.59 Å². The Morgan fingerprint density at radius 1 is 1.25 bits per heavy atom. The minimum absolute atomic E-state index is 0.0282. The van der Waals surface area contributed by atoms with Gasteiger partial charge in [-0.05, 0) is 37.3 Å². The number of nitrogens with one attached hydrogen (secondary N) is 2. The summed E-state index contributed by atoms with van der Waals surface area (Å²) in [6.07, 6.45) is 1.38. The number of carbonyl (C=O) groups excluding carboxylic acids is 3. The molecule has 1 fully saturated rings. The lowest BCUT2D eigenvalue weighted by atomic mass is 10.2. The van der Waals surface area contributed by atoms with Gasteiger partial charge in [0, 0.05) is 4.47 Å². The zero-order valence-corrected chi connectivity index (χ0v) is 14.3. The number of nitrogens with zero attached hydrogens (tertiary/aromatic N) is 1. The van der Waals surface area contributed by atoms with Crippen molar-refractivity contribution in [1.82, 2.24) is 10.9 Å². The van der Waals surface area contributed by atoms with Gasteiger partial charge in [0.2, 0.25) is 5.91 Å². The first-order valence-corrected chi connectivity index (χ1v) is 7.99. The van der Waals surface area contributed by atoms with Crippen LogP contribution in [0, 0.1) is 6.92 Å². The zero-order chi connectivity index (χ0) is 17.3. The number of imide groups is 1. The topological polar surface area (TPSA) is 91.7 Å². The lowest BCUT2D eigenvalue weighted by molar-refractivity contribution is -0.121. The molecule has 24 heavy (non-hydrogen) atoms. The highest BCUT2D eigenvalue weighted by Crippen LogP contribution is 2.24. The van der Waals surface area contributed by atoms with E-state index in [2.05, 4.69) is 26.8 Å². The van der Waals surface area contributed by atoms with E-state index in [1.54, 1.807) is 31.2 Å². The molecule has 3 amide bonds. The van der Waals surface area contributed by atoms with Crippen molar-refractivity contribution in [1.29, 1.82) is 0 Å². The normalized spacial score (nSPS) is 17.4. The van der Waals surface area contributed by atoms with E-state index >= 15 is 0 Å². The van der Waals surface area contributed by atoms with Gasteiger partial charge in [-0.3, -0.25) is 19.8 Å². The maximum absolute atomic E-state index is 12.4. The lowest BCUT2D eigenvalue weighted by Gasteiger charge is -2.16. The fraction of sp³-hybridized carbons (Fsp3) is 0.188. The number of benzene rings is 1. The summed E-state index contributed by atoms with van der Waals surface area (Å²) >= 11 is 3.31. The molecule has 1 aliphatic rings. The second kappa shape index (κ2) is 6.58. The van der Waals surface area contributed by atoms with Crippen molar-refractivity contribution < 1.29 is 18.8 Å². The smallest absolute Gasteiger partial charge is 0.268 e. The fourth-order valence-corrected chi connectivity index (χ4v) is 2.71. The van der Waals surface area contributed by atoms with Crippen molar-refractivity contribution in [3.05, 3.63) is 52.4 Å². The van der Waals surface area contributed by atoms with Crippen LogP contribution in [0.3, 0.4) is 0 Å². The summed E-state index contributed by atoms with van der Waals surface area (Å²) < 4.78 is 5.91. The maximum Gasteiger partial charge on any atom is 0.268 e. The molecule has 0 unspecified atom stereocenters. The van der Waals surface area contributed by atoms with Gasteiger partial charge in [0.1, 0.15) is 11.8 Å². The number of hydrazine groups is 1. The summed E-state index contributed by atoms with van der Waals surface area (Å²) in [5.74, 6) is -0.691. The molecule has 2 aromatic rings. The SMILES string of the molecule is Cc1occc1C(=O)NN[C@@H]1CC(=O)N(c2ccc(Br)cc2)C1=O. The largest absolute Gasteiger partial charge is 0.469 e. The van der Waals surface area contributed by atoms with E-state index in [4.69, 9.17) is 4.42 Å². The summed E-state index contributed by atoms with van der Waals surface area (Å²) in [4.78, 5) is 37.7. The molecule has 3 rings (SSSR count). The molecule has 1 saturated heterocycles. The Morgan fingerprint density at radius 3 is 2.58 bits per heavy atom. The fourth-order valence-electron chi connectivity index (χ4n) is 2.45. The summed E-state index contributed by atoms with van der Waals surface area (Å²) in [7, 11) is 0. The minimum atomic E-state index is -0.808. The highest BCUT2D eigenvalue weighted by molar-refractivity contribution is 9.10. The number of rotatable bonds is 4. The second-order valence-corrected chi connectivity index (χ2v) is 6.21. The number of hydrogen-bond donors (Lipinski definition) is 2. The van der Waals surface area contributed by atoms with Gasteiger partial charge in [-0.25, -0.2) is 10.3 Å². The summed E-state index contributed by atoms with van der Waals surface area (Å²) in [5.41, 5.74) is 5.93. The second-order valence-electron chi connectivity index (χ2n) is 5.29. The third-order valence-corrected chi connectivity index (χ3v) is 4.22. The summed E-state index contributed by atoms with van der Waals surface area (Å²) in [5, 5.41) is 0.